The summed E-state index contributed by atoms with van der Waals surface area (Å²) >= 11 is 0. The minimum Gasteiger partial charge on any atom is -0.0656 e. The molecule has 0 heterocycles. The highest BCUT2D eigenvalue weighted by Crippen LogP contribution is 1.88. The average molecular weight is 161 g/mol. The zero-order valence-corrected chi connectivity index (χ0v) is 9.41. The molecule has 11 heavy (non-hydrogen) atoms. The van der Waals surface area contributed by atoms with E-state index in [0.29, 0.717) is 0 Å². The Kier molecular flexibility index (Phi) is 40.0. The Bertz CT molecular complexity index is 38.3. The molecule has 0 nitrogen and oxygen atoms in total. The first-order valence-corrected chi connectivity index (χ1v) is 5.06. The van der Waals surface area contributed by atoms with Gasteiger partial charge in [-0.2, -0.15) is 0 Å². The topological polar surface area (TPSA) is 0 Å². The van der Waals surface area contributed by atoms with Gasteiger partial charge in [0.2, 0.25) is 0 Å². The van der Waals surface area contributed by atoms with Crippen molar-refractivity contribution < 1.29 is 1.37 Å². The Balaban J connectivity index is -0.000000115. The van der Waals surface area contributed by atoms with E-state index in [2.05, 4.69) is 27.7 Å². The van der Waals surface area contributed by atoms with Gasteiger partial charge < -0.3 is 0 Å². The lowest BCUT2D eigenvalue weighted by atomic mass is 10.3. The highest BCUT2D eigenvalue weighted by molar-refractivity contribution is 4.24. The molecule has 0 aromatic heterocycles. The summed E-state index contributed by atoms with van der Waals surface area (Å²) in [4.78, 5) is 0. The Morgan fingerprint density at radius 3 is 0.909 bits per heavy atom. The van der Waals surface area contributed by atoms with Gasteiger partial charge in [0.1, 0.15) is 0 Å². The van der Waals surface area contributed by atoms with E-state index < -0.39 is 0 Å². The van der Waals surface area contributed by atoms with Crippen LogP contribution in [0.1, 0.15) is 75.0 Å². The Morgan fingerprint density at radius 1 is 0.727 bits per heavy atom. The molecule has 72 valence electrons. The van der Waals surface area contributed by atoms with Crippen molar-refractivity contribution in [1.82, 2.24) is 0 Å². The van der Waals surface area contributed by atoms with Crippen LogP contribution in [0.5, 0.6) is 0 Å². The van der Waals surface area contributed by atoms with Crippen LogP contribution in [-0.2, 0) is 0 Å². The summed E-state index contributed by atoms with van der Waals surface area (Å²) in [6.07, 6.45) is 4.68. The highest BCUT2D eigenvalue weighted by atomic mass is 13.7. The van der Waals surface area contributed by atoms with Crippen molar-refractivity contribution in [3.05, 3.63) is 0 Å². The molecule has 0 rings (SSSR count). The molecular formula is C11H28. The minimum atomic E-state index is 0.185. The molecule has 0 saturated heterocycles. The summed E-state index contributed by atoms with van der Waals surface area (Å²) in [5, 5.41) is 0. The average Bonchev–Trinajstić information content (AvgIpc) is 2.06. The fraction of sp³-hybridized carbons (Fsp3) is 1.00. The van der Waals surface area contributed by atoms with E-state index in [-0.39, 0.29) is 6.40 Å². The van der Waals surface area contributed by atoms with Gasteiger partial charge in [-0.15, -0.1) is 0 Å². The van der Waals surface area contributed by atoms with E-state index in [0.717, 1.165) is 12.8 Å². The summed E-state index contributed by atoms with van der Waals surface area (Å²) in [5.74, 6) is 0. The lowest BCUT2D eigenvalue weighted by molar-refractivity contribution is 0.772. The fourth-order valence-electron chi connectivity index (χ4n) is 0.289. The molecule has 0 bridgehead atoms. The molecule has 0 heteroatoms. The van der Waals surface area contributed by atoms with E-state index in [1.165, 1.54) is 12.8 Å². The summed E-state index contributed by atoms with van der Waals surface area (Å²) in [6.45, 7) is 12.6. The molecule has 0 unspecified atom stereocenters. The fourth-order valence-corrected chi connectivity index (χ4v) is 0.289. The molecule has 0 atom stereocenters. The second-order valence-electron chi connectivity index (χ2n) is 2.52. The molecule has 0 spiro atoms. The first-order valence-electron chi connectivity index (χ1n) is 5.64. The normalized spacial score (nSPS) is 8.82. The van der Waals surface area contributed by atoms with Crippen LogP contribution in [0.3, 0.4) is 0 Å². The van der Waals surface area contributed by atoms with E-state index in [4.69, 9.17) is 1.37 Å². The van der Waals surface area contributed by atoms with E-state index >= 15 is 0 Å². The maximum absolute atomic E-state index is 7.07. The van der Waals surface area contributed by atoms with E-state index in [1.54, 1.807) is 0 Å². The zero-order valence-electron chi connectivity index (χ0n) is 10.4. The summed E-state index contributed by atoms with van der Waals surface area (Å²) < 4.78 is 7.07. The van der Waals surface area contributed by atoms with Crippen molar-refractivity contribution in [2.45, 2.75) is 73.6 Å². The van der Waals surface area contributed by atoms with Crippen molar-refractivity contribution >= 4 is 0 Å². The van der Waals surface area contributed by atoms with Crippen LogP contribution in [0.4, 0.5) is 0 Å². The number of rotatable bonds is 2. The van der Waals surface area contributed by atoms with Crippen molar-refractivity contribution in [2.24, 2.45) is 0 Å². The van der Waals surface area contributed by atoms with Crippen molar-refractivity contribution in [3.8, 4) is 0 Å². The maximum Gasteiger partial charge on any atom is 0.0266 e. The predicted molar refractivity (Wildman–Crippen MR) is 57.1 cm³/mol. The smallest absolute Gasteiger partial charge is 0.0266 e. The van der Waals surface area contributed by atoms with Crippen LogP contribution in [0.15, 0.2) is 0 Å². The van der Waals surface area contributed by atoms with Gasteiger partial charge in [0.25, 0.3) is 0 Å². The van der Waals surface area contributed by atoms with Crippen LogP contribution in [0.2, 0.25) is 0 Å². The van der Waals surface area contributed by atoms with Gasteiger partial charge in [-0.25, -0.2) is 0 Å². The predicted octanol–water partition coefficient (Wildman–Crippen LogP) is 5.03. The first-order chi connectivity index (χ1) is 5.64. The zero-order chi connectivity index (χ0) is 10.4. The SMILES string of the molecule is CCC.CCC.[2H]C(CC)CC. The van der Waals surface area contributed by atoms with Gasteiger partial charge >= 0.3 is 0 Å². The largest absolute Gasteiger partial charge is 0.0656 e. The van der Waals surface area contributed by atoms with Crippen LogP contribution in [0, 0.1) is 0 Å². The van der Waals surface area contributed by atoms with Crippen molar-refractivity contribution in [1.29, 1.82) is 0 Å². The monoisotopic (exact) mass is 161 g/mol. The Labute approximate surface area is 75.8 Å². The van der Waals surface area contributed by atoms with Gasteiger partial charge in [0.15, 0.2) is 0 Å². The third-order valence-corrected chi connectivity index (χ3v) is 0.577. The van der Waals surface area contributed by atoms with Gasteiger partial charge in [0, 0.05) is 1.37 Å². The highest BCUT2D eigenvalue weighted by Gasteiger charge is 1.68. The molecular weight excluding hydrogens is 132 g/mol. The standard InChI is InChI=1S/C5H12.2C3H8/c1-3-5-4-2;2*1-3-2/h3-5H2,1-2H3;2*3H2,1-2H3/i5D;;. The second kappa shape index (κ2) is 32.4. The molecule has 0 radical (unpaired) electrons. The molecule has 0 aromatic rings. The van der Waals surface area contributed by atoms with Crippen LogP contribution < -0.4 is 0 Å². The van der Waals surface area contributed by atoms with Crippen LogP contribution in [-0.4, -0.2) is 0 Å². The van der Waals surface area contributed by atoms with Crippen molar-refractivity contribution in [3.63, 3.8) is 0 Å². The minimum absolute atomic E-state index is 0.185. The Morgan fingerprint density at radius 2 is 0.909 bits per heavy atom. The third-order valence-electron chi connectivity index (χ3n) is 0.577. The molecule has 0 aliphatic rings. The van der Waals surface area contributed by atoms with E-state index in [1.807, 2.05) is 13.8 Å². The summed E-state index contributed by atoms with van der Waals surface area (Å²) in [6, 6.07) is 0. The second-order valence-corrected chi connectivity index (χ2v) is 2.52. The molecule has 0 aliphatic heterocycles. The molecule has 0 aliphatic carbocycles. The first kappa shape index (κ1) is 13.6. The summed E-state index contributed by atoms with van der Waals surface area (Å²) in [7, 11) is 0. The van der Waals surface area contributed by atoms with Crippen LogP contribution >= 0.6 is 0 Å². The molecule has 0 N–H and O–H groups in total. The molecule has 0 amide bonds. The molecule has 0 saturated carbocycles. The van der Waals surface area contributed by atoms with Crippen molar-refractivity contribution in [2.75, 3.05) is 0 Å². The molecule has 0 aromatic carbocycles. The molecule has 0 fully saturated rings. The lowest BCUT2D eigenvalue weighted by Crippen LogP contribution is -1.59. The lowest BCUT2D eigenvalue weighted by Gasteiger charge is -1.79. The Hall–Kier alpha value is 0. The number of hydrogen-bond donors (Lipinski definition) is 0. The van der Waals surface area contributed by atoms with Gasteiger partial charge in [-0.3, -0.25) is 0 Å². The number of hydrogen-bond acceptors (Lipinski definition) is 0. The summed E-state index contributed by atoms with van der Waals surface area (Å²) in [5.41, 5.74) is 0. The maximum atomic E-state index is 7.07. The van der Waals surface area contributed by atoms with Gasteiger partial charge in [-0.05, 0) is 0 Å². The van der Waals surface area contributed by atoms with E-state index in [9.17, 15) is 0 Å². The third kappa shape index (κ3) is 160. The van der Waals surface area contributed by atoms with Gasteiger partial charge in [0.05, 0.1) is 0 Å². The van der Waals surface area contributed by atoms with Gasteiger partial charge in [-0.1, -0.05) is 73.6 Å². The van der Waals surface area contributed by atoms with Crippen LogP contribution in [0.25, 0.3) is 0 Å². The quantitative estimate of drug-likeness (QED) is 0.533.